The first-order chi connectivity index (χ1) is 8.92. The van der Waals surface area contributed by atoms with E-state index in [9.17, 15) is 13.2 Å². The molecule has 1 rings (SSSR count). The van der Waals surface area contributed by atoms with Gasteiger partial charge in [-0.2, -0.15) is 18.3 Å². The maximum Gasteiger partial charge on any atom is 0.408 e. The average Bonchev–Trinajstić information content (AvgIpc) is 2.64. The zero-order chi connectivity index (χ0) is 14.5. The van der Waals surface area contributed by atoms with Crippen molar-refractivity contribution in [3.63, 3.8) is 0 Å². The van der Waals surface area contributed by atoms with E-state index in [4.69, 9.17) is 0 Å². The lowest BCUT2D eigenvalue weighted by molar-refractivity contribution is -0.143. The monoisotopic (exact) mass is 277 g/mol. The first-order valence-electron chi connectivity index (χ1n) is 6.77. The predicted octanol–water partition coefficient (Wildman–Crippen LogP) is 3.07. The molecule has 1 aromatic rings. The van der Waals surface area contributed by atoms with Gasteiger partial charge in [0.05, 0.1) is 5.69 Å². The number of nitrogens with one attached hydrogen (secondary N) is 1. The molecule has 0 saturated heterocycles. The molecule has 1 aromatic heterocycles. The summed E-state index contributed by atoms with van der Waals surface area (Å²) >= 11 is 0. The summed E-state index contributed by atoms with van der Waals surface area (Å²) < 4.78 is 38.7. The number of hydrogen-bond donors (Lipinski definition) is 1. The number of aromatic nitrogens is 2. The first kappa shape index (κ1) is 16.0. The fourth-order valence-electron chi connectivity index (χ4n) is 2.16. The molecule has 0 saturated carbocycles. The average molecular weight is 277 g/mol. The van der Waals surface area contributed by atoms with Gasteiger partial charge in [-0.3, -0.25) is 4.68 Å². The lowest BCUT2D eigenvalue weighted by Crippen LogP contribution is -2.21. The van der Waals surface area contributed by atoms with Gasteiger partial charge in [0, 0.05) is 17.8 Å². The van der Waals surface area contributed by atoms with E-state index < -0.39 is 12.7 Å². The van der Waals surface area contributed by atoms with Gasteiger partial charge in [0.2, 0.25) is 0 Å². The van der Waals surface area contributed by atoms with Crippen molar-refractivity contribution >= 4 is 0 Å². The van der Waals surface area contributed by atoms with Gasteiger partial charge < -0.3 is 5.32 Å². The highest BCUT2D eigenvalue weighted by Crippen LogP contribution is 2.22. The van der Waals surface area contributed by atoms with Crippen molar-refractivity contribution in [1.82, 2.24) is 15.1 Å². The van der Waals surface area contributed by atoms with Crippen LogP contribution in [0.1, 0.15) is 44.1 Å². The molecular formula is C13H22F3N3. The van der Waals surface area contributed by atoms with E-state index >= 15 is 0 Å². The lowest BCUT2D eigenvalue weighted by atomic mass is 10.1. The van der Waals surface area contributed by atoms with Crippen molar-refractivity contribution in [2.45, 2.75) is 59.3 Å². The van der Waals surface area contributed by atoms with E-state index in [1.807, 2.05) is 13.8 Å². The molecule has 0 fully saturated rings. The Morgan fingerprint density at radius 3 is 2.32 bits per heavy atom. The van der Waals surface area contributed by atoms with Crippen molar-refractivity contribution < 1.29 is 13.2 Å². The van der Waals surface area contributed by atoms with Gasteiger partial charge in [-0.25, -0.2) is 0 Å². The third-order valence-electron chi connectivity index (χ3n) is 2.98. The largest absolute Gasteiger partial charge is 0.408 e. The molecule has 0 unspecified atom stereocenters. The van der Waals surface area contributed by atoms with Gasteiger partial charge in [-0.05, 0) is 25.8 Å². The number of nitrogens with zero attached hydrogens (tertiary/aromatic N) is 2. The molecule has 110 valence electrons. The van der Waals surface area contributed by atoms with Gasteiger partial charge in [0.1, 0.15) is 6.54 Å². The quantitative estimate of drug-likeness (QED) is 0.776. The van der Waals surface area contributed by atoms with Crippen LogP contribution in [0.4, 0.5) is 13.2 Å². The van der Waals surface area contributed by atoms with Crippen molar-refractivity contribution in [3.8, 4) is 0 Å². The normalized spacial score (nSPS) is 12.1. The molecule has 1 N–H and O–H groups in total. The minimum atomic E-state index is -4.23. The molecule has 0 aromatic carbocycles. The fraction of sp³-hybridized carbons (Fsp3) is 0.769. The van der Waals surface area contributed by atoms with Crippen LogP contribution in [-0.4, -0.2) is 22.5 Å². The minimum Gasteiger partial charge on any atom is -0.313 e. The van der Waals surface area contributed by atoms with Crippen LogP contribution in [-0.2, 0) is 25.9 Å². The number of halogens is 3. The first-order valence-corrected chi connectivity index (χ1v) is 6.77. The van der Waals surface area contributed by atoms with Crippen LogP contribution in [0.25, 0.3) is 0 Å². The topological polar surface area (TPSA) is 29.9 Å². The summed E-state index contributed by atoms with van der Waals surface area (Å²) in [5, 5.41) is 7.36. The van der Waals surface area contributed by atoms with Crippen molar-refractivity contribution in [2.24, 2.45) is 0 Å². The summed E-state index contributed by atoms with van der Waals surface area (Å²) in [6.07, 6.45) is -2.01. The van der Waals surface area contributed by atoms with Gasteiger partial charge >= 0.3 is 6.18 Å². The summed E-state index contributed by atoms with van der Waals surface area (Å²) in [7, 11) is 0. The number of alkyl halides is 3. The third kappa shape index (κ3) is 4.53. The SMILES string of the molecule is CCCNCc1c(CC)nn(CC(F)(F)F)c1CC. The molecule has 0 bridgehead atoms. The van der Waals surface area contributed by atoms with Crippen LogP contribution >= 0.6 is 0 Å². The molecule has 6 heteroatoms. The molecule has 0 aliphatic rings. The molecule has 1 heterocycles. The number of aryl methyl sites for hydroxylation is 1. The Hall–Kier alpha value is -1.04. The van der Waals surface area contributed by atoms with Crippen LogP contribution in [0, 0.1) is 0 Å². The molecule has 0 amide bonds. The van der Waals surface area contributed by atoms with Crippen LogP contribution in [0.3, 0.4) is 0 Å². The van der Waals surface area contributed by atoms with Gasteiger partial charge in [-0.15, -0.1) is 0 Å². The summed E-state index contributed by atoms with van der Waals surface area (Å²) in [5.74, 6) is 0. The third-order valence-corrected chi connectivity index (χ3v) is 2.98. The molecule has 0 atom stereocenters. The van der Waals surface area contributed by atoms with E-state index in [1.165, 1.54) is 0 Å². The van der Waals surface area contributed by atoms with Crippen LogP contribution < -0.4 is 5.32 Å². The van der Waals surface area contributed by atoms with Gasteiger partial charge in [0.25, 0.3) is 0 Å². The zero-order valence-electron chi connectivity index (χ0n) is 11.8. The minimum absolute atomic E-state index is 0.562. The lowest BCUT2D eigenvalue weighted by Gasteiger charge is -2.10. The molecule has 0 aliphatic heterocycles. The van der Waals surface area contributed by atoms with Gasteiger partial charge in [-0.1, -0.05) is 20.8 Å². The molecule has 0 radical (unpaired) electrons. The summed E-state index contributed by atoms with van der Waals surface area (Å²) in [5.41, 5.74) is 2.39. The Morgan fingerprint density at radius 1 is 1.16 bits per heavy atom. The smallest absolute Gasteiger partial charge is 0.313 e. The zero-order valence-corrected chi connectivity index (χ0v) is 11.8. The Labute approximate surface area is 112 Å². The summed E-state index contributed by atoms with van der Waals surface area (Å²) in [6.45, 7) is 6.29. The fourth-order valence-corrected chi connectivity index (χ4v) is 2.16. The van der Waals surface area contributed by atoms with Crippen molar-refractivity contribution in [2.75, 3.05) is 6.54 Å². The maximum absolute atomic E-state index is 12.5. The molecule has 0 aliphatic carbocycles. The Balaban J connectivity index is 2.99. The highest BCUT2D eigenvalue weighted by Gasteiger charge is 2.30. The second-order valence-electron chi connectivity index (χ2n) is 4.53. The number of rotatable bonds is 7. The number of hydrogen-bond acceptors (Lipinski definition) is 2. The summed E-state index contributed by atoms with van der Waals surface area (Å²) in [4.78, 5) is 0. The molecule has 19 heavy (non-hydrogen) atoms. The highest BCUT2D eigenvalue weighted by molar-refractivity contribution is 5.26. The maximum atomic E-state index is 12.5. The van der Waals surface area contributed by atoms with Crippen molar-refractivity contribution in [3.05, 3.63) is 17.0 Å². The van der Waals surface area contributed by atoms with E-state index in [-0.39, 0.29) is 0 Å². The Bertz CT molecular complexity index is 397. The van der Waals surface area contributed by atoms with E-state index in [2.05, 4.69) is 17.3 Å². The van der Waals surface area contributed by atoms with Crippen molar-refractivity contribution in [1.29, 1.82) is 0 Å². The molecular weight excluding hydrogens is 255 g/mol. The Kier molecular flexibility index (Phi) is 5.85. The van der Waals surface area contributed by atoms with Crippen LogP contribution in [0.15, 0.2) is 0 Å². The Morgan fingerprint density at radius 2 is 1.84 bits per heavy atom. The van der Waals surface area contributed by atoms with E-state index in [1.54, 1.807) is 0 Å². The van der Waals surface area contributed by atoms with Crippen LogP contribution in [0.2, 0.25) is 0 Å². The van der Waals surface area contributed by atoms with Crippen LogP contribution in [0.5, 0.6) is 0 Å². The second kappa shape index (κ2) is 6.93. The van der Waals surface area contributed by atoms with E-state index in [0.717, 1.165) is 28.9 Å². The predicted molar refractivity (Wildman–Crippen MR) is 69.0 cm³/mol. The standard InChI is InChI=1S/C13H22F3N3/c1-4-7-17-8-10-11(5-2)18-19(12(10)6-3)9-13(14,15)16/h17H,4-9H2,1-3H3. The van der Waals surface area contributed by atoms with E-state index in [0.29, 0.717) is 25.1 Å². The second-order valence-corrected chi connectivity index (χ2v) is 4.53. The highest BCUT2D eigenvalue weighted by atomic mass is 19.4. The molecule has 0 spiro atoms. The van der Waals surface area contributed by atoms with Gasteiger partial charge in [0.15, 0.2) is 0 Å². The summed E-state index contributed by atoms with van der Waals surface area (Å²) in [6, 6.07) is 0. The molecule has 3 nitrogen and oxygen atoms in total.